The second kappa shape index (κ2) is 7.69. The van der Waals surface area contributed by atoms with Crippen LogP contribution in [0, 0.1) is 0 Å². The maximum atomic E-state index is 12.4. The Labute approximate surface area is 133 Å². The van der Waals surface area contributed by atoms with Gasteiger partial charge in [0.05, 0.1) is 6.04 Å². The molecule has 1 aromatic carbocycles. The molecule has 0 bridgehead atoms. The van der Waals surface area contributed by atoms with E-state index >= 15 is 0 Å². The van der Waals surface area contributed by atoms with Crippen molar-refractivity contribution in [3.63, 3.8) is 0 Å². The molecule has 1 amide bonds. The van der Waals surface area contributed by atoms with Crippen LogP contribution in [0.15, 0.2) is 24.3 Å². The van der Waals surface area contributed by atoms with Gasteiger partial charge in [-0.15, -0.1) is 25.6 Å². The van der Waals surface area contributed by atoms with Crippen molar-refractivity contribution in [3.05, 3.63) is 29.8 Å². The van der Waals surface area contributed by atoms with Crippen molar-refractivity contribution >= 4 is 18.3 Å². The SMILES string of the molecule is CN(Cc1ccccc1OC(F)(F)F)C(=O)C1CCCN1.Cl. The van der Waals surface area contributed by atoms with Crippen molar-refractivity contribution in [2.75, 3.05) is 13.6 Å². The lowest BCUT2D eigenvalue weighted by atomic mass is 10.1. The van der Waals surface area contributed by atoms with Crippen LogP contribution in [0.4, 0.5) is 13.2 Å². The minimum atomic E-state index is -4.74. The fourth-order valence-corrected chi connectivity index (χ4v) is 2.35. The van der Waals surface area contributed by atoms with E-state index in [0.29, 0.717) is 5.56 Å². The highest BCUT2D eigenvalue weighted by atomic mass is 35.5. The van der Waals surface area contributed by atoms with Crippen LogP contribution < -0.4 is 10.1 Å². The van der Waals surface area contributed by atoms with Gasteiger partial charge in [-0.05, 0) is 25.5 Å². The number of nitrogens with zero attached hydrogens (tertiary/aromatic N) is 1. The maximum Gasteiger partial charge on any atom is 0.573 e. The van der Waals surface area contributed by atoms with E-state index in [0.717, 1.165) is 19.4 Å². The zero-order valence-corrected chi connectivity index (χ0v) is 12.8. The number of amides is 1. The van der Waals surface area contributed by atoms with E-state index in [-0.39, 0.29) is 36.7 Å². The molecule has 1 atom stereocenters. The van der Waals surface area contributed by atoms with E-state index in [1.54, 1.807) is 13.1 Å². The molecule has 1 unspecified atom stereocenters. The van der Waals surface area contributed by atoms with Gasteiger partial charge in [-0.3, -0.25) is 4.79 Å². The van der Waals surface area contributed by atoms with Crippen molar-refractivity contribution in [2.45, 2.75) is 31.8 Å². The summed E-state index contributed by atoms with van der Waals surface area (Å²) in [6.45, 7) is 0.862. The molecule has 1 fully saturated rings. The van der Waals surface area contributed by atoms with Gasteiger partial charge in [0, 0.05) is 19.2 Å². The number of ether oxygens (including phenoxy) is 1. The van der Waals surface area contributed by atoms with Gasteiger partial charge < -0.3 is 15.0 Å². The summed E-state index contributed by atoms with van der Waals surface area (Å²) in [4.78, 5) is 13.6. The van der Waals surface area contributed by atoms with Crippen LogP contribution in [-0.2, 0) is 11.3 Å². The Morgan fingerprint density at radius 2 is 2.09 bits per heavy atom. The first-order valence-electron chi connectivity index (χ1n) is 6.69. The molecule has 124 valence electrons. The Bertz CT molecular complexity index is 505. The van der Waals surface area contributed by atoms with Crippen molar-refractivity contribution in [2.24, 2.45) is 0 Å². The standard InChI is InChI=1S/C14H17F3N2O2.ClH/c1-19(13(20)11-6-4-8-18-11)9-10-5-2-3-7-12(10)21-14(15,16)17;/h2-3,5,7,11,18H,4,6,8-9H2,1H3;1H. The first-order chi connectivity index (χ1) is 9.87. The lowest BCUT2D eigenvalue weighted by Gasteiger charge is -2.22. The lowest BCUT2D eigenvalue weighted by Crippen LogP contribution is -2.41. The monoisotopic (exact) mass is 338 g/mol. The summed E-state index contributed by atoms with van der Waals surface area (Å²) in [5.74, 6) is -0.390. The largest absolute Gasteiger partial charge is 0.573 e. The van der Waals surface area contributed by atoms with Gasteiger partial charge in [-0.25, -0.2) is 0 Å². The van der Waals surface area contributed by atoms with Gasteiger partial charge in [-0.2, -0.15) is 0 Å². The second-order valence-corrected chi connectivity index (χ2v) is 5.00. The number of para-hydroxylation sites is 1. The van der Waals surface area contributed by atoms with Crippen LogP contribution in [0.2, 0.25) is 0 Å². The van der Waals surface area contributed by atoms with Crippen LogP contribution in [0.5, 0.6) is 5.75 Å². The zero-order valence-electron chi connectivity index (χ0n) is 12.0. The fraction of sp³-hybridized carbons (Fsp3) is 0.500. The van der Waals surface area contributed by atoms with Crippen LogP contribution in [0.1, 0.15) is 18.4 Å². The smallest absolute Gasteiger partial charge is 0.405 e. The van der Waals surface area contributed by atoms with Crippen LogP contribution in [0.3, 0.4) is 0 Å². The predicted molar refractivity (Wildman–Crippen MR) is 77.9 cm³/mol. The molecule has 22 heavy (non-hydrogen) atoms. The molecular weight excluding hydrogens is 321 g/mol. The van der Waals surface area contributed by atoms with Gasteiger partial charge in [0.2, 0.25) is 5.91 Å². The van der Waals surface area contributed by atoms with Crippen molar-refractivity contribution in [3.8, 4) is 5.75 Å². The Balaban J connectivity index is 0.00000242. The number of alkyl halides is 3. The molecule has 2 rings (SSSR count). The Kier molecular flexibility index (Phi) is 6.49. The third-order valence-corrected chi connectivity index (χ3v) is 3.34. The van der Waals surface area contributed by atoms with Crippen molar-refractivity contribution < 1.29 is 22.7 Å². The normalized spacial score (nSPS) is 17.7. The van der Waals surface area contributed by atoms with Crippen molar-refractivity contribution in [1.29, 1.82) is 0 Å². The molecule has 0 spiro atoms. The van der Waals surface area contributed by atoms with Gasteiger partial charge in [0.1, 0.15) is 5.75 Å². The Hall–Kier alpha value is -1.47. The minimum Gasteiger partial charge on any atom is -0.405 e. The highest BCUT2D eigenvalue weighted by molar-refractivity contribution is 5.85. The number of benzene rings is 1. The first kappa shape index (κ1) is 18.6. The van der Waals surface area contributed by atoms with E-state index in [1.165, 1.54) is 23.1 Å². The zero-order chi connectivity index (χ0) is 15.5. The summed E-state index contributed by atoms with van der Waals surface area (Å²) in [6.07, 6.45) is -3.06. The molecule has 1 aliphatic rings. The van der Waals surface area contributed by atoms with Gasteiger partial charge in [0.15, 0.2) is 0 Å². The van der Waals surface area contributed by atoms with E-state index in [4.69, 9.17) is 0 Å². The summed E-state index contributed by atoms with van der Waals surface area (Å²) >= 11 is 0. The van der Waals surface area contributed by atoms with Gasteiger partial charge in [-0.1, -0.05) is 18.2 Å². The molecule has 0 aliphatic carbocycles. The average Bonchev–Trinajstić information content (AvgIpc) is 2.92. The molecule has 1 N–H and O–H groups in total. The first-order valence-corrected chi connectivity index (χ1v) is 6.69. The molecular formula is C14H18ClF3N2O2. The molecule has 0 saturated carbocycles. The summed E-state index contributed by atoms with van der Waals surface area (Å²) in [7, 11) is 1.58. The lowest BCUT2D eigenvalue weighted by molar-refractivity contribution is -0.275. The number of carbonyl (C=O) groups excluding carboxylic acids is 1. The molecule has 4 nitrogen and oxygen atoms in total. The number of hydrogen-bond donors (Lipinski definition) is 1. The Morgan fingerprint density at radius 3 is 2.68 bits per heavy atom. The average molecular weight is 339 g/mol. The fourth-order valence-electron chi connectivity index (χ4n) is 2.35. The van der Waals surface area contributed by atoms with Gasteiger partial charge in [0.25, 0.3) is 0 Å². The molecule has 1 saturated heterocycles. The highest BCUT2D eigenvalue weighted by Gasteiger charge is 2.32. The van der Waals surface area contributed by atoms with E-state index in [1.807, 2.05) is 0 Å². The second-order valence-electron chi connectivity index (χ2n) is 5.00. The summed E-state index contributed by atoms with van der Waals surface area (Å²) in [5, 5.41) is 3.07. The third kappa shape index (κ3) is 5.06. The number of likely N-dealkylation sites (N-methyl/N-ethyl adjacent to an activating group) is 1. The molecule has 0 aromatic heterocycles. The number of nitrogens with one attached hydrogen (secondary N) is 1. The molecule has 1 aromatic rings. The number of hydrogen-bond acceptors (Lipinski definition) is 3. The summed E-state index contributed by atoms with van der Waals surface area (Å²) < 4.78 is 41.0. The molecule has 1 heterocycles. The molecule has 1 aliphatic heterocycles. The minimum absolute atomic E-state index is 0. The van der Waals surface area contributed by atoms with Crippen LogP contribution in [-0.4, -0.2) is 36.8 Å². The number of rotatable bonds is 4. The van der Waals surface area contributed by atoms with Crippen LogP contribution >= 0.6 is 12.4 Å². The summed E-state index contributed by atoms with van der Waals surface area (Å²) in [6, 6.07) is 5.60. The number of halogens is 4. The third-order valence-electron chi connectivity index (χ3n) is 3.34. The molecule has 0 radical (unpaired) electrons. The van der Waals surface area contributed by atoms with E-state index in [2.05, 4.69) is 10.1 Å². The van der Waals surface area contributed by atoms with Crippen molar-refractivity contribution in [1.82, 2.24) is 10.2 Å². The predicted octanol–water partition coefficient (Wildman–Crippen LogP) is 2.72. The van der Waals surface area contributed by atoms with Crippen LogP contribution in [0.25, 0.3) is 0 Å². The molecule has 8 heteroatoms. The number of carbonyl (C=O) groups is 1. The van der Waals surface area contributed by atoms with Gasteiger partial charge >= 0.3 is 6.36 Å². The maximum absolute atomic E-state index is 12.4. The highest BCUT2D eigenvalue weighted by Crippen LogP contribution is 2.27. The van der Waals surface area contributed by atoms with E-state index in [9.17, 15) is 18.0 Å². The Morgan fingerprint density at radius 1 is 1.41 bits per heavy atom. The quantitative estimate of drug-likeness (QED) is 0.918. The summed E-state index contributed by atoms with van der Waals surface area (Å²) in [5.41, 5.74) is 0.323. The van der Waals surface area contributed by atoms with E-state index < -0.39 is 6.36 Å². The topological polar surface area (TPSA) is 41.6 Å².